The molecule has 0 saturated heterocycles. The van der Waals surface area contributed by atoms with Gasteiger partial charge in [-0.1, -0.05) is 23.7 Å². The zero-order valence-electron chi connectivity index (χ0n) is 16.3. The molecule has 29 heavy (non-hydrogen) atoms. The Bertz CT molecular complexity index is 1130. The van der Waals surface area contributed by atoms with Crippen LogP contribution in [0.2, 0.25) is 5.15 Å². The van der Waals surface area contributed by atoms with Crippen molar-refractivity contribution in [2.75, 3.05) is 14.2 Å². The number of carbonyl (C=O) groups is 1. The van der Waals surface area contributed by atoms with E-state index in [-0.39, 0.29) is 11.9 Å². The van der Waals surface area contributed by atoms with E-state index in [1.54, 1.807) is 14.2 Å². The summed E-state index contributed by atoms with van der Waals surface area (Å²) in [7, 11) is 3.23. The van der Waals surface area contributed by atoms with Crippen molar-refractivity contribution in [1.29, 1.82) is 0 Å². The number of hydrazone groups is 1. The van der Waals surface area contributed by atoms with E-state index in [1.807, 2.05) is 48.5 Å². The van der Waals surface area contributed by atoms with Crippen LogP contribution in [0.4, 0.5) is 0 Å². The summed E-state index contributed by atoms with van der Waals surface area (Å²) in [6.45, 7) is 1.50. The molecule has 3 aromatic rings. The van der Waals surface area contributed by atoms with Gasteiger partial charge in [0.1, 0.15) is 16.7 Å². The fourth-order valence-electron chi connectivity index (χ4n) is 3.52. The largest absolute Gasteiger partial charge is 0.497 e. The summed E-state index contributed by atoms with van der Waals surface area (Å²) in [5.41, 5.74) is 3.21. The summed E-state index contributed by atoms with van der Waals surface area (Å²) in [6, 6.07) is 14.9. The van der Waals surface area contributed by atoms with E-state index in [9.17, 15) is 4.79 Å². The number of benzene rings is 2. The van der Waals surface area contributed by atoms with E-state index >= 15 is 0 Å². The number of amides is 1. The lowest BCUT2D eigenvalue weighted by atomic mass is 9.98. The number of nitrogens with zero attached hydrogens (tertiary/aromatic N) is 3. The molecule has 0 aliphatic carbocycles. The number of fused-ring (bicyclic) bond motifs is 1. The average molecular weight is 410 g/mol. The lowest BCUT2D eigenvalue weighted by Gasteiger charge is -2.21. The van der Waals surface area contributed by atoms with Gasteiger partial charge < -0.3 is 9.47 Å². The smallest absolute Gasteiger partial charge is 0.240 e. The minimum absolute atomic E-state index is 0.154. The zero-order valence-corrected chi connectivity index (χ0v) is 17.1. The second-order valence-electron chi connectivity index (χ2n) is 6.79. The van der Waals surface area contributed by atoms with Crippen molar-refractivity contribution in [2.24, 2.45) is 5.10 Å². The fraction of sp³-hybridized carbons (Fsp3) is 0.227. The predicted octanol–water partition coefficient (Wildman–Crippen LogP) is 4.60. The number of methoxy groups -OCH3 is 2. The molecule has 6 nitrogen and oxygen atoms in total. The predicted molar refractivity (Wildman–Crippen MR) is 113 cm³/mol. The number of pyridine rings is 1. The van der Waals surface area contributed by atoms with E-state index in [4.69, 9.17) is 21.1 Å². The van der Waals surface area contributed by atoms with Crippen molar-refractivity contribution >= 4 is 34.1 Å². The van der Waals surface area contributed by atoms with Gasteiger partial charge in [-0.25, -0.2) is 9.99 Å². The first-order valence-electron chi connectivity index (χ1n) is 9.16. The summed E-state index contributed by atoms with van der Waals surface area (Å²) >= 11 is 6.53. The highest BCUT2D eigenvalue weighted by Crippen LogP contribution is 2.37. The molecule has 2 heterocycles. The zero-order chi connectivity index (χ0) is 20.5. The molecule has 1 aliphatic heterocycles. The molecule has 0 N–H and O–H groups in total. The second kappa shape index (κ2) is 7.72. The van der Waals surface area contributed by atoms with Gasteiger partial charge >= 0.3 is 0 Å². The molecule has 4 rings (SSSR count). The maximum absolute atomic E-state index is 12.3. The van der Waals surface area contributed by atoms with Crippen LogP contribution in [0.25, 0.3) is 10.9 Å². The molecular weight excluding hydrogens is 390 g/mol. The van der Waals surface area contributed by atoms with Gasteiger partial charge in [0.15, 0.2) is 0 Å². The second-order valence-corrected chi connectivity index (χ2v) is 7.15. The molecule has 0 saturated carbocycles. The van der Waals surface area contributed by atoms with Crippen molar-refractivity contribution in [3.8, 4) is 11.5 Å². The Morgan fingerprint density at radius 2 is 1.86 bits per heavy atom. The summed E-state index contributed by atoms with van der Waals surface area (Å²) in [4.78, 5) is 16.8. The van der Waals surface area contributed by atoms with Gasteiger partial charge in [0.2, 0.25) is 5.91 Å². The molecule has 1 amide bonds. The molecule has 0 unspecified atom stereocenters. The Labute approximate surface area is 173 Å². The van der Waals surface area contributed by atoms with Crippen LogP contribution in [-0.2, 0) is 4.79 Å². The Hall–Kier alpha value is -3.12. The van der Waals surface area contributed by atoms with Crippen LogP contribution in [0.15, 0.2) is 53.6 Å². The van der Waals surface area contributed by atoms with Crippen LogP contribution >= 0.6 is 11.6 Å². The molecule has 1 aliphatic rings. The lowest BCUT2D eigenvalue weighted by molar-refractivity contribution is -0.130. The van der Waals surface area contributed by atoms with Crippen LogP contribution < -0.4 is 9.47 Å². The first kappa shape index (κ1) is 19.2. The fourth-order valence-corrected chi connectivity index (χ4v) is 3.79. The molecule has 7 heteroatoms. The third-order valence-electron chi connectivity index (χ3n) is 5.00. The number of hydrogen-bond acceptors (Lipinski definition) is 5. The highest BCUT2D eigenvalue weighted by Gasteiger charge is 2.33. The maximum Gasteiger partial charge on any atom is 0.240 e. The minimum Gasteiger partial charge on any atom is -0.497 e. The van der Waals surface area contributed by atoms with E-state index in [0.29, 0.717) is 17.3 Å². The van der Waals surface area contributed by atoms with E-state index in [1.165, 1.54) is 11.9 Å². The highest BCUT2D eigenvalue weighted by molar-refractivity contribution is 6.30. The summed E-state index contributed by atoms with van der Waals surface area (Å²) in [5.74, 6) is 1.30. The van der Waals surface area contributed by atoms with Gasteiger partial charge in [-0.05, 0) is 30.3 Å². The van der Waals surface area contributed by atoms with Crippen LogP contribution in [0.3, 0.4) is 0 Å². The number of halogens is 1. The quantitative estimate of drug-likeness (QED) is 0.590. The third-order valence-corrected chi connectivity index (χ3v) is 5.30. The summed E-state index contributed by atoms with van der Waals surface area (Å²) in [6.07, 6.45) is 0.538. The van der Waals surface area contributed by atoms with Gasteiger partial charge in [-0.3, -0.25) is 4.79 Å². The van der Waals surface area contributed by atoms with Gasteiger partial charge in [-0.15, -0.1) is 0 Å². The summed E-state index contributed by atoms with van der Waals surface area (Å²) in [5, 5.41) is 7.33. The standard InChI is InChI=1S/C22H20ClN3O3/c1-13(27)26-21(12-20(25-26)14-5-4-6-16(9-14)28-2)18-10-15-7-8-17(29-3)11-19(15)24-22(18)23/h4-11,21H,12H2,1-3H3/t21-/m1/s1. The van der Waals surface area contributed by atoms with E-state index in [0.717, 1.165) is 33.5 Å². The van der Waals surface area contributed by atoms with Crippen molar-refractivity contribution < 1.29 is 14.3 Å². The van der Waals surface area contributed by atoms with E-state index in [2.05, 4.69) is 10.1 Å². The summed E-state index contributed by atoms with van der Waals surface area (Å²) < 4.78 is 10.6. The SMILES string of the molecule is COc1cccc(C2=NN(C(C)=O)[C@@H](c3cc4ccc(OC)cc4nc3Cl)C2)c1. The molecule has 0 spiro atoms. The topological polar surface area (TPSA) is 64.0 Å². The average Bonchev–Trinajstić information content (AvgIpc) is 3.18. The van der Waals surface area contributed by atoms with Crippen LogP contribution in [0, 0.1) is 0 Å². The van der Waals surface area contributed by atoms with Crippen molar-refractivity contribution in [1.82, 2.24) is 9.99 Å². The minimum atomic E-state index is -0.319. The Morgan fingerprint density at radius 3 is 2.59 bits per heavy atom. The van der Waals surface area contributed by atoms with Crippen LogP contribution in [0.1, 0.15) is 30.5 Å². The first-order chi connectivity index (χ1) is 14.0. The third kappa shape index (κ3) is 3.63. The van der Waals surface area contributed by atoms with Crippen LogP contribution in [0.5, 0.6) is 11.5 Å². The number of carbonyl (C=O) groups excluding carboxylic acids is 1. The number of hydrogen-bond donors (Lipinski definition) is 0. The van der Waals surface area contributed by atoms with Crippen molar-refractivity contribution in [3.05, 3.63) is 64.8 Å². The maximum atomic E-state index is 12.3. The van der Waals surface area contributed by atoms with Crippen molar-refractivity contribution in [3.63, 3.8) is 0 Å². The number of rotatable bonds is 4. The first-order valence-corrected chi connectivity index (χ1v) is 9.54. The van der Waals surface area contributed by atoms with Gasteiger partial charge in [0.05, 0.1) is 31.5 Å². The van der Waals surface area contributed by atoms with Crippen LogP contribution in [-0.4, -0.2) is 35.8 Å². The highest BCUT2D eigenvalue weighted by atomic mass is 35.5. The van der Waals surface area contributed by atoms with Crippen molar-refractivity contribution in [2.45, 2.75) is 19.4 Å². The molecular formula is C22H20ClN3O3. The lowest BCUT2D eigenvalue weighted by Crippen LogP contribution is -2.24. The Kier molecular flexibility index (Phi) is 5.11. The van der Waals surface area contributed by atoms with Gasteiger partial charge in [0.25, 0.3) is 0 Å². The van der Waals surface area contributed by atoms with Gasteiger partial charge in [-0.2, -0.15) is 5.10 Å². The molecule has 2 aromatic carbocycles. The molecule has 0 fully saturated rings. The Balaban J connectivity index is 1.74. The molecule has 0 bridgehead atoms. The molecule has 1 aromatic heterocycles. The molecule has 1 atom stereocenters. The normalized spacial score (nSPS) is 16.1. The molecule has 148 valence electrons. The monoisotopic (exact) mass is 409 g/mol. The number of aromatic nitrogens is 1. The van der Waals surface area contributed by atoms with E-state index < -0.39 is 0 Å². The molecule has 0 radical (unpaired) electrons. The number of ether oxygens (including phenoxy) is 2. The van der Waals surface area contributed by atoms with Gasteiger partial charge in [0, 0.05) is 35.9 Å². The Morgan fingerprint density at radius 1 is 1.10 bits per heavy atom.